The molecule has 0 unspecified atom stereocenters. The van der Waals surface area contributed by atoms with Crippen molar-refractivity contribution in [1.82, 2.24) is 5.32 Å². The number of hydrogen-bond acceptors (Lipinski definition) is 2. The van der Waals surface area contributed by atoms with Crippen molar-refractivity contribution in [2.24, 2.45) is 0 Å². The highest BCUT2D eigenvalue weighted by Gasteiger charge is 2.02. The Morgan fingerprint density at radius 1 is 1.00 bits per heavy atom. The van der Waals surface area contributed by atoms with Crippen molar-refractivity contribution >= 4 is 17.4 Å². The average molecular weight is 297 g/mol. The van der Waals surface area contributed by atoms with Crippen LogP contribution in [0, 0.1) is 6.92 Å². The van der Waals surface area contributed by atoms with Gasteiger partial charge in [0.2, 0.25) is 0 Å². The Kier molecular flexibility index (Phi) is 5.42. The molecule has 0 saturated carbocycles. The normalized spacial score (nSPS) is 10.1. The molecule has 0 heterocycles. The van der Waals surface area contributed by atoms with Crippen LogP contribution in [0.4, 0.5) is 16.2 Å². The van der Waals surface area contributed by atoms with E-state index in [4.69, 9.17) is 0 Å². The third-order valence-electron chi connectivity index (χ3n) is 3.46. The molecule has 0 saturated heterocycles. The quantitative estimate of drug-likeness (QED) is 0.888. The molecule has 2 aromatic carbocycles. The predicted molar refractivity (Wildman–Crippen MR) is 92.7 cm³/mol. The van der Waals surface area contributed by atoms with E-state index >= 15 is 0 Å². The first-order chi connectivity index (χ1) is 10.5. The summed E-state index contributed by atoms with van der Waals surface area (Å²) in [6, 6.07) is 15.9. The van der Waals surface area contributed by atoms with Crippen molar-refractivity contribution < 1.29 is 4.79 Å². The zero-order valence-electron chi connectivity index (χ0n) is 13.4. The summed E-state index contributed by atoms with van der Waals surface area (Å²) >= 11 is 0. The van der Waals surface area contributed by atoms with Gasteiger partial charge >= 0.3 is 6.03 Å². The van der Waals surface area contributed by atoms with Crippen molar-refractivity contribution in [3.8, 4) is 0 Å². The van der Waals surface area contributed by atoms with Crippen LogP contribution >= 0.6 is 0 Å². The van der Waals surface area contributed by atoms with Gasteiger partial charge in [-0.1, -0.05) is 29.8 Å². The van der Waals surface area contributed by atoms with Gasteiger partial charge in [0.25, 0.3) is 0 Å². The number of amides is 2. The van der Waals surface area contributed by atoms with E-state index in [-0.39, 0.29) is 6.03 Å². The van der Waals surface area contributed by atoms with Gasteiger partial charge in [0.05, 0.1) is 0 Å². The molecule has 22 heavy (non-hydrogen) atoms. The van der Waals surface area contributed by atoms with Crippen LogP contribution in [0.15, 0.2) is 48.5 Å². The third-order valence-corrected chi connectivity index (χ3v) is 3.46. The predicted octanol–water partition coefficient (Wildman–Crippen LogP) is 3.43. The first-order valence-electron chi connectivity index (χ1n) is 7.42. The number of urea groups is 1. The van der Waals surface area contributed by atoms with E-state index in [2.05, 4.69) is 41.8 Å². The molecule has 0 aliphatic rings. The average Bonchev–Trinajstić information content (AvgIpc) is 2.50. The zero-order valence-corrected chi connectivity index (χ0v) is 13.4. The molecule has 0 atom stereocenters. The highest BCUT2D eigenvalue weighted by atomic mass is 16.2. The molecule has 0 aliphatic heterocycles. The second kappa shape index (κ2) is 7.50. The molecule has 0 fully saturated rings. The van der Waals surface area contributed by atoms with Crippen LogP contribution in [0.2, 0.25) is 0 Å². The summed E-state index contributed by atoms with van der Waals surface area (Å²) in [5, 5.41) is 5.71. The Balaban J connectivity index is 1.76. The van der Waals surface area contributed by atoms with Crippen LogP contribution in [-0.2, 0) is 6.42 Å². The van der Waals surface area contributed by atoms with E-state index in [1.165, 1.54) is 11.1 Å². The maximum absolute atomic E-state index is 11.8. The largest absolute Gasteiger partial charge is 0.378 e. The number of aryl methyl sites for hydroxylation is 1. The Bertz CT molecular complexity index is 603. The minimum absolute atomic E-state index is 0.176. The lowest BCUT2D eigenvalue weighted by Gasteiger charge is -2.13. The van der Waals surface area contributed by atoms with Crippen LogP contribution < -0.4 is 15.5 Å². The van der Waals surface area contributed by atoms with Crippen molar-refractivity contribution in [2.45, 2.75) is 13.3 Å². The molecule has 0 radical (unpaired) electrons. The van der Waals surface area contributed by atoms with E-state index in [0.29, 0.717) is 6.54 Å². The van der Waals surface area contributed by atoms with Gasteiger partial charge in [-0.25, -0.2) is 4.79 Å². The number of carbonyl (C=O) groups excluding carboxylic acids is 1. The fraction of sp³-hybridized carbons (Fsp3) is 0.278. The van der Waals surface area contributed by atoms with Gasteiger partial charge in [0.15, 0.2) is 0 Å². The zero-order chi connectivity index (χ0) is 15.9. The first kappa shape index (κ1) is 15.9. The summed E-state index contributed by atoms with van der Waals surface area (Å²) in [6.45, 7) is 2.68. The summed E-state index contributed by atoms with van der Waals surface area (Å²) in [6.07, 6.45) is 0.827. The van der Waals surface area contributed by atoms with Gasteiger partial charge in [0, 0.05) is 32.0 Å². The Morgan fingerprint density at radius 2 is 1.64 bits per heavy atom. The van der Waals surface area contributed by atoms with E-state index in [1.54, 1.807) is 0 Å². The highest BCUT2D eigenvalue weighted by Crippen LogP contribution is 2.15. The maximum Gasteiger partial charge on any atom is 0.319 e. The molecule has 4 nitrogen and oxygen atoms in total. The first-order valence-corrected chi connectivity index (χ1v) is 7.42. The van der Waals surface area contributed by atoms with Crippen LogP contribution in [0.3, 0.4) is 0 Å². The smallest absolute Gasteiger partial charge is 0.319 e. The molecule has 2 amide bonds. The molecule has 116 valence electrons. The molecule has 2 aromatic rings. The number of rotatable bonds is 5. The third kappa shape index (κ3) is 4.81. The highest BCUT2D eigenvalue weighted by molar-refractivity contribution is 5.89. The number of nitrogens with one attached hydrogen (secondary N) is 2. The maximum atomic E-state index is 11.8. The summed E-state index contributed by atoms with van der Waals surface area (Å²) in [7, 11) is 3.97. The number of benzene rings is 2. The topological polar surface area (TPSA) is 44.4 Å². The second-order valence-electron chi connectivity index (χ2n) is 5.56. The molecule has 2 N–H and O–H groups in total. The summed E-state index contributed by atoms with van der Waals surface area (Å²) in [4.78, 5) is 13.9. The van der Waals surface area contributed by atoms with Gasteiger partial charge in [-0.2, -0.15) is 0 Å². The fourth-order valence-electron chi connectivity index (χ4n) is 2.09. The molecule has 0 aromatic heterocycles. The van der Waals surface area contributed by atoms with Gasteiger partial charge < -0.3 is 15.5 Å². The molecule has 0 spiro atoms. The Labute approximate surface area is 132 Å². The summed E-state index contributed by atoms with van der Waals surface area (Å²) in [5.41, 5.74) is 4.36. The molecule has 2 rings (SSSR count). The van der Waals surface area contributed by atoms with Gasteiger partial charge in [0.1, 0.15) is 0 Å². The Morgan fingerprint density at radius 3 is 2.23 bits per heavy atom. The molecular weight excluding hydrogens is 274 g/mol. The van der Waals surface area contributed by atoms with E-state index in [1.807, 2.05) is 43.3 Å². The number of hydrogen-bond donors (Lipinski definition) is 2. The van der Waals surface area contributed by atoms with Crippen molar-refractivity contribution in [3.63, 3.8) is 0 Å². The Hall–Kier alpha value is -2.49. The van der Waals surface area contributed by atoms with E-state index < -0.39 is 0 Å². The molecule has 0 aliphatic carbocycles. The molecular formula is C18H23N3O. The van der Waals surface area contributed by atoms with Crippen LogP contribution in [0.1, 0.15) is 11.1 Å². The van der Waals surface area contributed by atoms with Gasteiger partial charge in [-0.05, 0) is 43.2 Å². The minimum atomic E-state index is -0.176. The summed E-state index contributed by atoms with van der Waals surface area (Å²) < 4.78 is 0. The van der Waals surface area contributed by atoms with E-state index in [0.717, 1.165) is 17.8 Å². The lowest BCUT2D eigenvalue weighted by Crippen LogP contribution is -2.30. The van der Waals surface area contributed by atoms with Crippen molar-refractivity contribution in [1.29, 1.82) is 0 Å². The minimum Gasteiger partial charge on any atom is -0.378 e. The van der Waals surface area contributed by atoms with Crippen molar-refractivity contribution in [2.75, 3.05) is 30.9 Å². The monoisotopic (exact) mass is 297 g/mol. The van der Waals surface area contributed by atoms with Crippen LogP contribution in [0.25, 0.3) is 0 Å². The van der Waals surface area contributed by atoms with E-state index in [9.17, 15) is 4.79 Å². The van der Waals surface area contributed by atoms with Crippen LogP contribution in [0.5, 0.6) is 0 Å². The number of nitrogens with zero attached hydrogens (tertiary/aromatic N) is 1. The second-order valence-corrected chi connectivity index (χ2v) is 5.56. The number of carbonyl (C=O) groups is 1. The van der Waals surface area contributed by atoms with Gasteiger partial charge in [-0.15, -0.1) is 0 Å². The van der Waals surface area contributed by atoms with Crippen LogP contribution in [-0.4, -0.2) is 26.7 Å². The van der Waals surface area contributed by atoms with Gasteiger partial charge in [-0.3, -0.25) is 0 Å². The van der Waals surface area contributed by atoms with Crippen molar-refractivity contribution in [3.05, 3.63) is 59.7 Å². The summed E-state index contributed by atoms with van der Waals surface area (Å²) in [5.74, 6) is 0. The lowest BCUT2D eigenvalue weighted by molar-refractivity contribution is 0.252. The lowest BCUT2D eigenvalue weighted by atomic mass is 10.1. The SMILES string of the molecule is Cc1ccc(CCNC(=O)Nc2ccc(N(C)C)cc2)cc1. The fourth-order valence-corrected chi connectivity index (χ4v) is 2.09. The molecule has 4 heteroatoms. The molecule has 0 bridgehead atoms. The standard InChI is InChI=1S/C18H23N3O/c1-14-4-6-15(7-5-14)12-13-19-18(22)20-16-8-10-17(11-9-16)21(2)3/h4-11H,12-13H2,1-3H3,(H2,19,20,22). The number of anilines is 2.